The summed E-state index contributed by atoms with van der Waals surface area (Å²) in [5.41, 5.74) is 1.40. The van der Waals surface area contributed by atoms with Crippen LogP contribution in [-0.2, 0) is 9.59 Å². The quantitative estimate of drug-likeness (QED) is 0.588. The Hall–Kier alpha value is -2.57. The van der Waals surface area contributed by atoms with Crippen LogP contribution in [0, 0.1) is 11.8 Å². The lowest BCUT2D eigenvalue weighted by atomic mass is 9.85. The van der Waals surface area contributed by atoms with Gasteiger partial charge in [-0.15, -0.1) is 12.4 Å². The van der Waals surface area contributed by atoms with Crippen LogP contribution in [0.1, 0.15) is 26.2 Å². The van der Waals surface area contributed by atoms with Crippen molar-refractivity contribution in [2.45, 2.75) is 26.2 Å². The number of anilines is 2. The Kier molecular flexibility index (Phi) is 9.64. The van der Waals surface area contributed by atoms with E-state index in [0.29, 0.717) is 29.7 Å². The fourth-order valence-electron chi connectivity index (χ4n) is 3.57. The molecule has 162 valence electrons. The first-order valence-corrected chi connectivity index (χ1v) is 10.2. The van der Waals surface area contributed by atoms with Crippen LogP contribution < -0.4 is 20.7 Å². The smallest absolute Gasteiger partial charge is 0.262 e. The molecule has 7 heteroatoms. The van der Waals surface area contributed by atoms with Crippen LogP contribution in [0.2, 0.25) is 0 Å². The lowest BCUT2D eigenvalue weighted by Crippen LogP contribution is -2.34. The standard InChI is InChI=1S/C23H29N3O3.ClH/c1-17(18-7-6-12-24-15-18)13-22(27)26-20-10-5-11-21(14-20)29-16-23(28)25-19-8-3-2-4-9-19;/h2-5,8-11,14,17-18,24H,6-7,12-13,15-16H2,1H3,(H,25,28)(H,26,27);1H. The highest BCUT2D eigenvalue weighted by Crippen LogP contribution is 2.24. The van der Waals surface area contributed by atoms with E-state index in [4.69, 9.17) is 4.74 Å². The Morgan fingerprint density at radius 3 is 2.53 bits per heavy atom. The number of ether oxygens (including phenoxy) is 1. The summed E-state index contributed by atoms with van der Waals surface area (Å²) in [6.07, 6.45) is 2.85. The van der Waals surface area contributed by atoms with Gasteiger partial charge in [0.1, 0.15) is 5.75 Å². The number of benzene rings is 2. The minimum atomic E-state index is -0.236. The van der Waals surface area contributed by atoms with Crippen molar-refractivity contribution in [2.24, 2.45) is 11.8 Å². The van der Waals surface area contributed by atoms with Crippen LogP contribution in [0.5, 0.6) is 5.75 Å². The fraction of sp³-hybridized carbons (Fsp3) is 0.391. The molecular weight excluding hydrogens is 402 g/mol. The second-order valence-electron chi connectivity index (χ2n) is 7.57. The van der Waals surface area contributed by atoms with Gasteiger partial charge in [0.2, 0.25) is 5.91 Å². The summed E-state index contributed by atoms with van der Waals surface area (Å²) in [5.74, 6) is 1.19. The van der Waals surface area contributed by atoms with E-state index in [2.05, 4.69) is 22.9 Å². The molecule has 1 aliphatic rings. The molecule has 0 bridgehead atoms. The molecule has 0 radical (unpaired) electrons. The van der Waals surface area contributed by atoms with Crippen molar-refractivity contribution in [3.8, 4) is 5.75 Å². The van der Waals surface area contributed by atoms with Crippen LogP contribution in [0.4, 0.5) is 11.4 Å². The first-order chi connectivity index (χ1) is 14.1. The summed E-state index contributed by atoms with van der Waals surface area (Å²) >= 11 is 0. The number of hydrogen-bond acceptors (Lipinski definition) is 4. The molecule has 2 unspecified atom stereocenters. The van der Waals surface area contributed by atoms with Gasteiger partial charge in [0.25, 0.3) is 5.91 Å². The van der Waals surface area contributed by atoms with Gasteiger partial charge in [-0.3, -0.25) is 9.59 Å². The molecule has 1 saturated heterocycles. The number of carbonyl (C=O) groups is 2. The third-order valence-electron chi connectivity index (χ3n) is 5.19. The third-order valence-corrected chi connectivity index (χ3v) is 5.19. The average molecular weight is 432 g/mol. The summed E-state index contributed by atoms with van der Waals surface area (Å²) in [4.78, 5) is 24.4. The lowest BCUT2D eigenvalue weighted by molar-refractivity contribution is -0.118. The van der Waals surface area contributed by atoms with Crippen LogP contribution in [-0.4, -0.2) is 31.5 Å². The zero-order valence-electron chi connectivity index (χ0n) is 17.2. The molecule has 3 N–H and O–H groups in total. The van der Waals surface area contributed by atoms with E-state index in [1.807, 2.05) is 36.4 Å². The van der Waals surface area contributed by atoms with E-state index in [-0.39, 0.29) is 30.8 Å². The second-order valence-corrected chi connectivity index (χ2v) is 7.57. The first kappa shape index (κ1) is 23.7. The van der Waals surface area contributed by atoms with Crippen LogP contribution >= 0.6 is 12.4 Å². The predicted molar refractivity (Wildman–Crippen MR) is 122 cm³/mol. The topological polar surface area (TPSA) is 79.5 Å². The van der Waals surface area contributed by atoms with E-state index in [9.17, 15) is 9.59 Å². The van der Waals surface area contributed by atoms with Crippen LogP contribution in [0.25, 0.3) is 0 Å². The van der Waals surface area contributed by atoms with Crippen molar-refractivity contribution in [2.75, 3.05) is 30.3 Å². The summed E-state index contributed by atoms with van der Waals surface area (Å²) in [5, 5.41) is 9.12. The number of halogens is 1. The normalized spacial score (nSPS) is 16.6. The van der Waals surface area contributed by atoms with Gasteiger partial charge in [0.05, 0.1) is 0 Å². The maximum absolute atomic E-state index is 12.4. The van der Waals surface area contributed by atoms with Crippen molar-refractivity contribution < 1.29 is 14.3 Å². The Labute approximate surface area is 184 Å². The van der Waals surface area contributed by atoms with Gasteiger partial charge in [-0.1, -0.05) is 31.2 Å². The molecule has 2 atom stereocenters. The average Bonchev–Trinajstić information content (AvgIpc) is 2.74. The summed E-state index contributed by atoms with van der Waals surface area (Å²) in [6.45, 7) is 4.11. The van der Waals surface area contributed by atoms with E-state index < -0.39 is 0 Å². The molecule has 30 heavy (non-hydrogen) atoms. The summed E-state index contributed by atoms with van der Waals surface area (Å²) < 4.78 is 5.57. The SMILES string of the molecule is CC(CC(=O)Nc1cccc(OCC(=O)Nc2ccccc2)c1)C1CCCNC1.Cl. The fourth-order valence-corrected chi connectivity index (χ4v) is 3.57. The Morgan fingerprint density at radius 2 is 1.80 bits per heavy atom. The lowest BCUT2D eigenvalue weighted by Gasteiger charge is -2.28. The number of hydrogen-bond donors (Lipinski definition) is 3. The van der Waals surface area contributed by atoms with E-state index >= 15 is 0 Å². The monoisotopic (exact) mass is 431 g/mol. The van der Waals surface area contributed by atoms with Crippen molar-refractivity contribution in [3.05, 3.63) is 54.6 Å². The van der Waals surface area contributed by atoms with E-state index in [1.165, 1.54) is 12.8 Å². The molecular formula is C23H30ClN3O3. The summed E-state index contributed by atoms with van der Waals surface area (Å²) in [6, 6.07) is 16.4. The minimum Gasteiger partial charge on any atom is -0.484 e. The predicted octanol–water partition coefficient (Wildman–Crippen LogP) is 4.09. The van der Waals surface area contributed by atoms with Crippen molar-refractivity contribution in [1.29, 1.82) is 0 Å². The Balaban J connectivity index is 0.00000320. The van der Waals surface area contributed by atoms with Crippen molar-refractivity contribution in [1.82, 2.24) is 5.32 Å². The van der Waals surface area contributed by atoms with Crippen LogP contribution in [0.15, 0.2) is 54.6 Å². The van der Waals surface area contributed by atoms with Gasteiger partial charge in [-0.2, -0.15) is 0 Å². The molecule has 2 amide bonds. The molecule has 1 fully saturated rings. The molecule has 0 spiro atoms. The molecule has 3 rings (SSSR count). The Morgan fingerprint density at radius 1 is 1.07 bits per heavy atom. The molecule has 0 aromatic heterocycles. The van der Waals surface area contributed by atoms with Gasteiger partial charge >= 0.3 is 0 Å². The number of rotatable bonds is 8. The van der Waals surface area contributed by atoms with E-state index in [1.54, 1.807) is 18.2 Å². The van der Waals surface area contributed by atoms with Gasteiger partial charge in [-0.05, 0) is 62.0 Å². The van der Waals surface area contributed by atoms with Gasteiger partial charge in [-0.25, -0.2) is 0 Å². The maximum atomic E-state index is 12.4. The highest BCUT2D eigenvalue weighted by Gasteiger charge is 2.22. The van der Waals surface area contributed by atoms with Gasteiger partial charge in [0, 0.05) is 23.9 Å². The first-order valence-electron chi connectivity index (χ1n) is 10.2. The Bertz CT molecular complexity index is 810. The molecule has 0 aliphatic carbocycles. The van der Waals surface area contributed by atoms with Crippen molar-refractivity contribution in [3.63, 3.8) is 0 Å². The van der Waals surface area contributed by atoms with Crippen LogP contribution in [0.3, 0.4) is 0 Å². The second kappa shape index (κ2) is 12.2. The number of piperidine rings is 1. The number of carbonyl (C=O) groups excluding carboxylic acids is 2. The highest BCUT2D eigenvalue weighted by atomic mass is 35.5. The van der Waals surface area contributed by atoms with Gasteiger partial charge < -0.3 is 20.7 Å². The zero-order chi connectivity index (χ0) is 20.5. The molecule has 2 aromatic carbocycles. The largest absolute Gasteiger partial charge is 0.484 e. The number of amides is 2. The molecule has 0 saturated carbocycles. The number of para-hydroxylation sites is 1. The molecule has 1 heterocycles. The minimum absolute atomic E-state index is 0. The van der Waals surface area contributed by atoms with Crippen molar-refractivity contribution >= 4 is 35.6 Å². The molecule has 2 aromatic rings. The highest BCUT2D eigenvalue weighted by molar-refractivity contribution is 5.92. The maximum Gasteiger partial charge on any atom is 0.262 e. The molecule has 6 nitrogen and oxygen atoms in total. The number of nitrogens with one attached hydrogen (secondary N) is 3. The summed E-state index contributed by atoms with van der Waals surface area (Å²) in [7, 11) is 0. The zero-order valence-corrected chi connectivity index (χ0v) is 18.0. The molecule has 1 aliphatic heterocycles. The van der Waals surface area contributed by atoms with Gasteiger partial charge in [0.15, 0.2) is 6.61 Å². The van der Waals surface area contributed by atoms with E-state index in [0.717, 1.165) is 18.8 Å². The third kappa shape index (κ3) is 7.69.